The van der Waals surface area contributed by atoms with Crippen LogP contribution < -0.4 is 10.6 Å². The van der Waals surface area contributed by atoms with Crippen LogP contribution in [0, 0.1) is 0 Å². The van der Waals surface area contributed by atoms with E-state index in [4.69, 9.17) is 4.74 Å². The smallest absolute Gasteiger partial charge is 0.416 e. The SMILES string of the molecule is CC(C)(C)OC(=O)Nc1cc(C(F)(F)F)ccc1-c1cc(Nc2cccc3c2CCCC3)ncn1. The summed E-state index contributed by atoms with van der Waals surface area (Å²) in [5.74, 6) is 0.497. The van der Waals surface area contributed by atoms with Crippen LogP contribution in [0.3, 0.4) is 0 Å². The van der Waals surface area contributed by atoms with Gasteiger partial charge in [0.1, 0.15) is 17.7 Å². The summed E-state index contributed by atoms with van der Waals surface area (Å²) in [6.07, 6.45) is 0.183. The van der Waals surface area contributed by atoms with Gasteiger partial charge in [-0.1, -0.05) is 18.2 Å². The maximum absolute atomic E-state index is 13.4. The van der Waals surface area contributed by atoms with Crippen molar-refractivity contribution in [3.05, 3.63) is 65.5 Å². The molecule has 184 valence electrons. The van der Waals surface area contributed by atoms with Crippen molar-refractivity contribution in [3.63, 3.8) is 0 Å². The summed E-state index contributed by atoms with van der Waals surface area (Å²) in [4.78, 5) is 20.9. The van der Waals surface area contributed by atoms with Crippen LogP contribution in [-0.2, 0) is 23.8 Å². The number of benzene rings is 2. The standard InChI is InChI=1S/C26H27F3N4O2/c1-25(2,3)35-24(34)33-22-13-17(26(27,28)29)11-12-19(22)21-14-23(31-15-30-21)32-20-10-6-8-16-7-4-5-9-18(16)20/h6,8,10-15H,4-5,7,9H2,1-3H3,(H,33,34)(H,30,31,32). The number of nitrogens with zero attached hydrogens (tertiary/aromatic N) is 2. The first-order chi connectivity index (χ1) is 16.5. The van der Waals surface area contributed by atoms with E-state index in [0.29, 0.717) is 17.1 Å². The molecule has 1 heterocycles. The van der Waals surface area contributed by atoms with Crippen LogP contribution in [0.5, 0.6) is 0 Å². The van der Waals surface area contributed by atoms with Gasteiger partial charge in [-0.3, -0.25) is 5.32 Å². The molecule has 35 heavy (non-hydrogen) atoms. The van der Waals surface area contributed by atoms with Crippen molar-refractivity contribution in [2.75, 3.05) is 10.6 Å². The fourth-order valence-corrected chi connectivity index (χ4v) is 4.07. The number of hydrogen-bond donors (Lipinski definition) is 2. The highest BCUT2D eigenvalue weighted by molar-refractivity contribution is 5.91. The number of anilines is 3. The van der Waals surface area contributed by atoms with Crippen LogP contribution in [-0.4, -0.2) is 21.7 Å². The first kappa shape index (κ1) is 24.5. The second-order valence-corrected chi connectivity index (χ2v) is 9.45. The number of ether oxygens (including phenoxy) is 1. The molecule has 0 saturated heterocycles. The second-order valence-electron chi connectivity index (χ2n) is 9.45. The lowest BCUT2D eigenvalue weighted by atomic mass is 9.90. The number of fused-ring (bicyclic) bond motifs is 1. The van der Waals surface area contributed by atoms with Crippen molar-refractivity contribution in [1.29, 1.82) is 0 Å². The molecular weight excluding hydrogens is 457 g/mol. The van der Waals surface area contributed by atoms with E-state index >= 15 is 0 Å². The molecule has 0 radical (unpaired) electrons. The number of halogens is 3. The Labute approximate surface area is 201 Å². The predicted octanol–water partition coefficient (Wildman–Crippen LogP) is 7.13. The minimum Gasteiger partial charge on any atom is -0.444 e. The number of carbonyl (C=O) groups is 1. The summed E-state index contributed by atoms with van der Waals surface area (Å²) >= 11 is 0. The number of aromatic nitrogens is 2. The van der Waals surface area contributed by atoms with E-state index in [-0.39, 0.29) is 5.69 Å². The van der Waals surface area contributed by atoms with Crippen molar-refractivity contribution in [2.24, 2.45) is 0 Å². The summed E-state index contributed by atoms with van der Waals surface area (Å²) in [5, 5.41) is 5.77. The molecule has 1 aromatic heterocycles. The first-order valence-electron chi connectivity index (χ1n) is 11.4. The lowest BCUT2D eigenvalue weighted by Crippen LogP contribution is -2.27. The topological polar surface area (TPSA) is 76.1 Å². The molecule has 3 aromatic rings. The van der Waals surface area contributed by atoms with E-state index in [9.17, 15) is 18.0 Å². The molecule has 0 fully saturated rings. The molecule has 0 aliphatic heterocycles. The Balaban J connectivity index is 1.68. The van der Waals surface area contributed by atoms with Gasteiger partial charge in [0.15, 0.2) is 0 Å². The van der Waals surface area contributed by atoms with Crippen LogP contribution >= 0.6 is 0 Å². The average molecular weight is 485 g/mol. The number of aryl methyl sites for hydroxylation is 1. The van der Waals surface area contributed by atoms with E-state index in [2.05, 4.69) is 26.7 Å². The molecule has 2 aromatic carbocycles. The Bertz CT molecular complexity index is 1240. The second kappa shape index (κ2) is 9.56. The highest BCUT2D eigenvalue weighted by Crippen LogP contribution is 2.36. The summed E-state index contributed by atoms with van der Waals surface area (Å²) in [7, 11) is 0. The van der Waals surface area contributed by atoms with Gasteiger partial charge in [0, 0.05) is 17.3 Å². The van der Waals surface area contributed by atoms with E-state index in [1.54, 1.807) is 26.8 Å². The largest absolute Gasteiger partial charge is 0.444 e. The van der Waals surface area contributed by atoms with Crippen molar-refractivity contribution >= 4 is 23.3 Å². The van der Waals surface area contributed by atoms with Crippen LogP contribution in [0.1, 0.15) is 50.3 Å². The van der Waals surface area contributed by atoms with Crippen molar-refractivity contribution in [1.82, 2.24) is 9.97 Å². The number of nitrogens with one attached hydrogen (secondary N) is 2. The van der Waals surface area contributed by atoms with Crippen LogP contribution in [0.2, 0.25) is 0 Å². The number of amides is 1. The van der Waals surface area contributed by atoms with E-state index in [0.717, 1.165) is 43.5 Å². The summed E-state index contributed by atoms with van der Waals surface area (Å²) in [6, 6.07) is 10.9. The number of carbonyl (C=O) groups excluding carboxylic acids is 1. The fraction of sp³-hybridized carbons (Fsp3) is 0.346. The molecule has 0 bridgehead atoms. The van der Waals surface area contributed by atoms with Crippen molar-refractivity contribution < 1.29 is 22.7 Å². The van der Waals surface area contributed by atoms with Gasteiger partial charge in [0.25, 0.3) is 0 Å². The Morgan fingerprint density at radius 2 is 1.74 bits per heavy atom. The normalized spacial score (nSPS) is 13.7. The zero-order chi connectivity index (χ0) is 25.2. The van der Waals surface area contributed by atoms with Gasteiger partial charge in [0.05, 0.1) is 16.9 Å². The Kier molecular flexibility index (Phi) is 6.69. The van der Waals surface area contributed by atoms with Gasteiger partial charge in [-0.05, 0) is 75.8 Å². The minimum atomic E-state index is -4.58. The molecule has 2 N–H and O–H groups in total. The minimum absolute atomic E-state index is 0.0594. The zero-order valence-electron chi connectivity index (χ0n) is 19.8. The maximum atomic E-state index is 13.4. The highest BCUT2D eigenvalue weighted by atomic mass is 19.4. The van der Waals surface area contributed by atoms with Gasteiger partial charge < -0.3 is 10.1 Å². The molecule has 0 unspecified atom stereocenters. The molecule has 0 saturated carbocycles. The van der Waals surface area contributed by atoms with Gasteiger partial charge in [-0.25, -0.2) is 14.8 Å². The van der Waals surface area contributed by atoms with Crippen molar-refractivity contribution in [3.8, 4) is 11.3 Å². The average Bonchev–Trinajstić information content (AvgIpc) is 2.77. The monoisotopic (exact) mass is 484 g/mol. The first-order valence-corrected chi connectivity index (χ1v) is 11.4. The molecule has 1 amide bonds. The Morgan fingerprint density at radius 3 is 2.49 bits per heavy atom. The molecule has 0 spiro atoms. The molecule has 9 heteroatoms. The quantitative estimate of drug-likeness (QED) is 0.412. The molecule has 1 aliphatic carbocycles. The van der Waals surface area contributed by atoms with Gasteiger partial charge in [-0.2, -0.15) is 13.2 Å². The molecule has 4 rings (SSSR count). The fourth-order valence-electron chi connectivity index (χ4n) is 4.07. The third-order valence-corrected chi connectivity index (χ3v) is 5.58. The lowest BCUT2D eigenvalue weighted by Gasteiger charge is -2.21. The zero-order valence-corrected chi connectivity index (χ0v) is 19.8. The van der Waals surface area contributed by atoms with E-state index in [1.807, 2.05) is 12.1 Å². The third-order valence-electron chi connectivity index (χ3n) is 5.58. The highest BCUT2D eigenvalue weighted by Gasteiger charge is 2.31. The van der Waals surface area contributed by atoms with Gasteiger partial charge in [-0.15, -0.1) is 0 Å². The molecule has 1 aliphatic rings. The van der Waals surface area contributed by atoms with Crippen LogP contribution in [0.15, 0.2) is 48.8 Å². The summed E-state index contributed by atoms with van der Waals surface area (Å²) in [6.45, 7) is 5.01. The van der Waals surface area contributed by atoms with E-state index in [1.165, 1.54) is 23.5 Å². The number of alkyl halides is 3. The maximum Gasteiger partial charge on any atom is 0.416 e. The van der Waals surface area contributed by atoms with E-state index < -0.39 is 23.4 Å². The van der Waals surface area contributed by atoms with Gasteiger partial charge >= 0.3 is 12.3 Å². The summed E-state index contributed by atoms with van der Waals surface area (Å²) < 4.78 is 45.4. The van der Waals surface area contributed by atoms with Gasteiger partial charge in [0.2, 0.25) is 0 Å². The number of hydrogen-bond acceptors (Lipinski definition) is 5. The molecule has 6 nitrogen and oxygen atoms in total. The van der Waals surface area contributed by atoms with Crippen LogP contribution in [0.4, 0.5) is 35.2 Å². The Morgan fingerprint density at radius 1 is 0.971 bits per heavy atom. The van der Waals surface area contributed by atoms with Crippen LogP contribution in [0.25, 0.3) is 11.3 Å². The molecule has 0 atom stereocenters. The Hall–Kier alpha value is -3.62. The third kappa shape index (κ3) is 6.09. The molecular formula is C26H27F3N4O2. The summed E-state index contributed by atoms with van der Waals surface area (Å²) in [5.41, 5.74) is 2.41. The van der Waals surface area contributed by atoms with Crippen molar-refractivity contribution in [2.45, 2.75) is 58.2 Å². The number of rotatable bonds is 4. The predicted molar refractivity (Wildman–Crippen MR) is 129 cm³/mol. The lowest BCUT2D eigenvalue weighted by molar-refractivity contribution is -0.137.